The van der Waals surface area contributed by atoms with E-state index in [0.717, 1.165) is 26.9 Å². The van der Waals surface area contributed by atoms with Crippen LogP contribution in [0.5, 0.6) is 0 Å². The molecule has 0 saturated heterocycles. The van der Waals surface area contributed by atoms with Gasteiger partial charge < -0.3 is 8.83 Å². The summed E-state index contributed by atoms with van der Waals surface area (Å²) in [5.74, 6) is 2.17. The van der Waals surface area contributed by atoms with E-state index >= 15 is 0 Å². The highest BCUT2D eigenvalue weighted by Gasteiger charge is 2.04. The van der Waals surface area contributed by atoms with E-state index in [-0.39, 0.29) is 0 Å². The van der Waals surface area contributed by atoms with Crippen molar-refractivity contribution in [3.8, 4) is 0 Å². The highest BCUT2D eigenvalue weighted by Crippen LogP contribution is 2.31. The second-order valence-electron chi connectivity index (χ2n) is 3.22. The third kappa shape index (κ3) is 4.12. The quantitative estimate of drug-likeness (QED) is 0.463. The lowest BCUT2D eigenvalue weighted by atomic mass is 10.6. The molecule has 2 rings (SSSR count). The number of thioether (sulfide) groups is 2. The normalized spacial score (nSPS) is 10.9. The van der Waals surface area contributed by atoms with Crippen molar-refractivity contribution in [2.24, 2.45) is 0 Å². The van der Waals surface area contributed by atoms with Gasteiger partial charge in [0.25, 0.3) is 0 Å². The molecule has 2 nitrogen and oxygen atoms in total. The van der Waals surface area contributed by atoms with Crippen LogP contribution in [0.4, 0.5) is 0 Å². The van der Waals surface area contributed by atoms with E-state index in [2.05, 4.69) is 31.9 Å². The second-order valence-corrected chi connectivity index (χ2v) is 7.20. The van der Waals surface area contributed by atoms with Gasteiger partial charge in [-0.15, -0.1) is 23.5 Å². The van der Waals surface area contributed by atoms with Gasteiger partial charge in [0.15, 0.2) is 0 Å². The van der Waals surface area contributed by atoms with Gasteiger partial charge in [0.2, 0.25) is 0 Å². The maximum atomic E-state index is 5.09. The van der Waals surface area contributed by atoms with Gasteiger partial charge in [-0.3, -0.25) is 0 Å². The minimum atomic E-state index is 1.03. The fraction of sp³-hybridized carbons (Fsp3) is 0.273. The van der Waals surface area contributed by atoms with Crippen LogP contribution >= 0.6 is 55.4 Å². The van der Waals surface area contributed by atoms with Crippen LogP contribution in [0.2, 0.25) is 0 Å². The summed E-state index contributed by atoms with van der Waals surface area (Å²) in [4.78, 5) is 2.33. The van der Waals surface area contributed by atoms with E-state index in [1.54, 1.807) is 48.6 Å². The summed E-state index contributed by atoms with van der Waals surface area (Å²) >= 11 is 10.5. The van der Waals surface area contributed by atoms with Gasteiger partial charge >= 0.3 is 0 Å². The molecule has 0 unspecified atom stereocenters. The fourth-order valence-corrected chi connectivity index (χ4v) is 4.08. The second kappa shape index (κ2) is 6.97. The zero-order chi connectivity index (χ0) is 12.1. The number of rotatable bonds is 6. The Balaban J connectivity index is 1.64. The number of hydrogen-bond acceptors (Lipinski definition) is 4. The number of furan rings is 2. The first-order valence-electron chi connectivity index (χ1n) is 4.96. The van der Waals surface area contributed by atoms with Crippen molar-refractivity contribution in [3.05, 3.63) is 34.0 Å². The summed E-state index contributed by atoms with van der Waals surface area (Å²) in [7, 11) is 0. The largest absolute Gasteiger partial charge is 0.470 e. The molecule has 0 aromatic carbocycles. The molecule has 17 heavy (non-hydrogen) atoms. The molecule has 2 heterocycles. The van der Waals surface area contributed by atoms with Gasteiger partial charge in [0, 0.05) is 0 Å². The van der Waals surface area contributed by atoms with Crippen LogP contribution in [-0.2, 0) is 0 Å². The molecule has 0 bridgehead atoms. The molecule has 0 fully saturated rings. The average molecular weight is 398 g/mol. The maximum Gasteiger partial charge on any atom is 0.106 e. The minimum Gasteiger partial charge on any atom is -0.470 e. The number of hydrogen-bond donors (Lipinski definition) is 0. The highest BCUT2D eigenvalue weighted by molar-refractivity contribution is 9.10. The molecule has 0 aliphatic rings. The van der Waals surface area contributed by atoms with Crippen LogP contribution in [0.15, 0.2) is 52.6 Å². The highest BCUT2D eigenvalue weighted by atomic mass is 79.9. The van der Waals surface area contributed by atoms with E-state index in [1.165, 1.54) is 9.79 Å². The summed E-state index contributed by atoms with van der Waals surface area (Å²) < 4.78 is 12.2. The monoisotopic (exact) mass is 396 g/mol. The van der Waals surface area contributed by atoms with Gasteiger partial charge in [0.1, 0.15) is 25.1 Å². The molecule has 0 radical (unpaired) electrons. The molecule has 0 spiro atoms. The fourth-order valence-electron chi connectivity index (χ4n) is 1.17. The van der Waals surface area contributed by atoms with Crippen molar-refractivity contribution >= 4 is 55.4 Å². The summed E-state index contributed by atoms with van der Waals surface area (Å²) in [6, 6.07) is 0. The third-order valence-corrected chi connectivity index (χ3v) is 5.96. The summed E-state index contributed by atoms with van der Waals surface area (Å²) in [6.07, 6.45) is 8.10. The molecule has 0 N–H and O–H groups in total. The summed E-state index contributed by atoms with van der Waals surface area (Å²) in [5, 5.41) is 0. The zero-order valence-electron chi connectivity index (χ0n) is 8.82. The molecule has 0 aliphatic carbocycles. The Bertz CT molecular complexity index is 425. The van der Waals surface area contributed by atoms with Crippen molar-refractivity contribution in [3.63, 3.8) is 0 Å². The van der Waals surface area contributed by atoms with Crippen molar-refractivity contribution in [1.29, 1.82) is 0 Å². The average Bonchev–Trinajstić information content (AvgIpc) is 2.89. The topological polar surface area (TPSA) is 26.3 Å². The first-order valence-corrected chi connectivity index (χ1v) is 8.52. The molecule has 92 valence electrons. The molecule has 2 aromatic heterocycles. The third-order valence-electron chi connectivity index (χ3n) is 1.97. The Morgan fingerprint density at radius 2 is 1.29 bits per heavy atom. The molecule has 0 aliphatic heterocycles. The zero-order valence-corrected chi connectivity index (χ0v) is 13.6. The van der Waals surface area contributed by atoms with Crippen LogP contribution in [0.1, 0.15) is 6.42 Å². The van der Waals surface area contributed by atoms with Crippen LogP contribution in [0.25, 0.3) is 0 Å². The molecular formula is C11H10Br2O2S2. The summed E-state index contributed by atoms with van der Waals surface area (Å²) in [5.41, 5.74) is 0. The Morgan fingerprint density at radius 3 is 1.65 bits per heavy atom. The van der Waals surface area contributed by atoms with Crippen molar-refractivity contribution in [2.45, 2.75) is 16.2 Å². The Morgan fingerprint density at radius 1 is 0.824 bits per heavy atom. The van der Waals surface area contributed by atoms with E-state index < -0.39 is 0 Å². The van der Waals surface area contributed by atoms with Crippen molar-refractivity contribution in [1.82, 2.24) is 0 Å². The predicted molar refractivity (Wildman–Crippen MR) is 78.9 cm³/mol. The van der Waals surface area contributed by atoms with Crippen LogP contribution < -0.4 is 0 Å². The van der Waals surface area contributed by atoms with Gasteiger partial charge in [-0.1, -0.05) is 0 Å². The van der Waals surface area contributed by atoms with Gasteiger partial charge in [0.05, 0.1) is 18.7 Å². The Kier molecular flexibility index (Phi) is 5.59. The van der Waals surface area contributed by atoms with E-state index in [9.17, 15) is 0 Å². The summed E-state index contributed by atoms with van der Waals surface area (Å²) in [6.45, 7) is 0. The molecule has 6 heteroatoms. The van der Waals surface area contributed by atoms with Crippen molar-refractivity contribution < 1.29 is 8.83 Å². The van der Waals surface area contributed by atoms with Crippen LogP contribution in [0.3, 0.4) is 0 Å². The van der Waals surface area contributed by atoms with E-state index in [1.807, 2.05) is 0 Å². The maximum absolute atomic E-state index is 5.09. The van der Waals surface area contributed by atoms with E-state index in [0.29, 0.717) is 0 Å². The van der Waals surface area contributed by atoms with E-state index in [4.69, 9.17) is 8.83 Å². The standard InChI is InChI=1S/C11H10Br2O2S2/c12-8-4-14-6-10(8)16-2-1-3-17-11-7-15-5-9(11)13/h4-7H,1-3H2. The van der Waals surface area contributed by atoms with Gasteiger partial charge in [-0.2, -0.15) is 0 Å². The first-order chi connectivity index (χ1) is 8.27. The molecular weight excluding hydrogens is 388 g/mol. The minimum absolute atomic E-state index is 1.03. The first kappa shape index (κ1) is 13.6. The van der Waals surface area contributed by atoms with Crippen LogP contribution in [-0.4, -0.2) is 11.5 Å². The molecule has 2 aromatic rings. The lowest BCUT2D eigenvalue weighted by Gasteiger charge is -1.99. The predicted octanol–water partition coefficient (Wildman–Crippen LogP) is 5.67. The Labute approximate surface area is 125 Å². The van der Waals surface area contributed by atoms with Gasteiger partial charge in [-0.25, -0.2) is 0 Å². The lowest BCUT2D eigenvalue weighted by Crippen LogP contribution is -1.83. The SMILES string of the molecule is Brc1cocc1SCCCSc1cocc1Br. The molecule has 0 atom stereocenters. The van der Waals surface area contributed by atoms with Crippen molar-refractivity contribution in [2.75, 3.05) is 11.5 Å². The number of halogens is 2. The molecule has 0 saturated carbocycles. The molecule has 0 amide bonds. The smallest absolute Gasteiger partial charge is 0.106 e. The van der Waals surface area contributed by atoms with Crippen LogP contribution in [0, 0.1) is 0 Å². The van der Waals surface area contributed by atoms with Gasteiger partial charge in [-0.05, 0) is 49.8 Å². The lowest BCUT2D eigenvalue weighted by molar-refractivity contribution is 0.561. The Hall–Kier alpha value is 0.220.